The normalized spacial score (nSPS) is 14.8. The SMILES string of the molecule is C=CC(=O)OCCCCCCOc1ccc2cc(C(=O)O[C@H]3C(=O)N(CC)C(=O)[C@@H]3OC(=O)c3ccc4cc(OCCCCCCOC(=O)C=C)ccc4c3)ccc2c1. The van der Waals surface area contributed by atoms with Gasteiger partial charge in [0.15, 0.2) is 0 Å². The fourth-order valence-corrected chi connectivity index (χ4v) is 6.42. The average molecular weight is 808 g/mol. The zero-order chi connectivity index (χ0) is 42.1. The molecule has 0 N–H and O–H groups in total. The number of amides is 2. The van der Waals surface area contributed by atoms with E-state index in [0.717, 1.165) is 90.0 Å². The van der Waals surface area contributed by atoms with Gasteiger partial charge >= 0.3 is 23.9 Å². The summed E-state index contributed by atoms with van der Waals surface area (Å²) in [5.74, 6) is -2.77. The number of fused-ring (bicyclic) bond motifs is 2. The average Bonchev–Trinajstić information content (AvgIpc) is 3.47. The lowest BCUT2D eigenvalue weighted by Crippen LogP contribution is -2.37. The fourth-order valence-electron chi connectivity index (χ4n) is 6.42. The molecule has 0 unspecified atom stereocenters. The highest BCUT2D eigenvalue weighted by Crippen LogP contribution is 2.27. The quantitative estimate of drug-likeness (QED) is 0.0240. The summed E-state index contributed by atoms with van der Waals surface area (Å²) < 4.78 is 32.9. The number of hydrogen-bond acceptors (Lipinski definition) is 12. The van der Waals surface area contributed by atoms with E-state index in [1.165, 1.54) is 0 Å². The fraction of sp³-hybridized carbons (Fsp3) is 0.348. The summed E-state index contributed by atoms with van der Waals surface area (Å²) in [5.41, 5.74) is 0.290. The molecule has 0 aromatic heterocycles. The first kappa shape index (κ1) is 43.6. The Morgan fingerprint density at radius 1 is 0.542 bits per heavy atom. The predicted molar refractivity (Wildman–Crippen MR) is 219 cm³/mol. The summed E-state index contributed by atoms with van der Waals surface area (Å²) in [6.07, 6.45) is 5.78. The third-order valence-corrected chi connectivity index (χ3v) is 9.61. The highest BCUT2D eigenvalue weighted by atomic mass is 16.6. The number of nitrogens with zero attached hydrogens (tertiary/aromatic N) is 1. The Morgan fingerprint density at radius 2 is 0.915 bits per heavy atom. The van der Waals surface area contributed by atoms with E-state index in [0.29, 0.717) is 37.9 Å². The molecule has 1 fully saturated rings. The van der Waals surface area contributed by atoms with Crippen LogP contribution in [0.2, 0.25) is 0 Å². The lowest BCUT2D eigenvalue weighted by molar-refractivity contribution is -0.141. The number of likely N-dealkylation sites (tertiary alicyclic amines) is 1. The van der Waals surface area contributed by atoms with Gasteiger partial charge < -0.3 is 28.4 Å². The lowest BCUT2D eigenvalue weighted by atomic mass is 10.1. The van der Waals surface area contributed by atoms with Crippen LogP contribution in [0.25, 0.3) is 21.5 Å². The monoisotopic (exact) mass is 807 g/mol. The van der Waals surface area contributed by atoms with Crippen molar-refractivity contribution in [3.8, 4) is 11.5 Å². The van der Waals surface area contributed by atoms with Gasteiger partial charge in [-0.3, -0.25) is 14.5 Å². The van der Waals surface area contributed by atoms with Crippen molar-refractivity contribution in [1.82, 2.24) is 4.90 Å². The van der Waals surface area contributed by atoms with Gasteiger partial charge in [0, 0.05) is 18.7 Å². The number of esters is 4. The van der Waals surface area contributed by atoms with E-state index in [9.17, 15) is 28.8 Å². The Bertz CT molecular complexity index is 2030. The molecule has 13 heteroatoms. The molecule has 1 heterocycles. The number of benzene rings is 4. The smallest absolute Gasteiger partial charge is 0.339 e. The maximum Gasteiger partial charge on any atom is 0.339 e. The van der Waals surface area contributed by atoms with Crippen molar-refractivity contribution in [2.24, 2.45) is 0 Å². The number of carbonyl (C=O) groups excluding carboxylic acids is 6. The van der Waals surface area contributed by atoms with E-state index in [1.54, 1.807) is 67.6 Å². The number of rotatable bonds is 23. The highest BCUT2D eigenvalue weighted by molar-refractivity contribution is 6.10. The number of ether oxygens (including phenoxy) is 6. The molecule has 0 aliphatic carbocycles. The van der Waals surface area contributed by atoms with Crippen LogP contribution in [0.5, 0.6) is 11.5 Å². The van der Waals surface area contributed by atoms with Gasteiger partial charge in [-0.15, -0.1) is 0 Å². The summed E-state index contributed by atoms with van der Waals surface area (Å²) in [4.78, 5) is 76.4. The molecule has 2 atom stereocenters. The Labute approximate surface area is 342 Å². The van der Waals surface area contributed by atoms with Gasteiger partial charge in [0.05, 0.1) is 37.6 Å². The van der Waals surface area contributed by atoms with Crippen molar-refractivity contribution in [2.45, 2.75) is 70.5 Å². The number of hydrogen-bond donors (Lipinski definition) is 0. The van der Waals surface area contributed by atoms with E-state index in [2.05, 4.69) is 13.2 Å². The number of likely N-dealkylation sites (N-methyl/N-ethyl adjacent to an activating group) is 1. The van der Waals surface area contributed by atoms with Gasteiger partial charge in [0.25, 0.3) is 11.8 Å². The molecule has 5 rings (SSSR count). The third kappa shape index (κ3) is 12.2. The molecular formula is C46H49NO12. The first-order chi connectivity index (χ1) is 28.6. The van der Waals surface area contributed by atoms with Gasteiger partial charge in [-0.1, -0.05) is 37.4 Å². The van der Waals surface area contributed by atoms with Crippen molar-refractivity contribution >= 4 is 57.2 Å². The lowest BCUT2D eigenvalue weighted by Gasteiger charge is -2.17. The van der Waals surface area contributed by atoms with Gasteiger partial charge in [0.2, 0.25) is 12.2 Å². The molecule has 310 valence electrons. The maximum atomic E-state index is 13.4. The largest absolute Gasteiger partial charge is 0.494 e. The van der Waals surface area contributed by atoms with E-state index < -0.39 is 47.9 Å². The molecule has 1 saturated heterocycles. The molecule has 0 bridgehead atoms. The van der Waals surface area contributed by atoms with Crippen LogP contribution in [0.4, 0.5) is 0 Å². The molecule has 4 aromatic rings. The minimum atomic E-state index is -1.66. The summed E-state index contributed by atoms with van der Waals surface area (Å²) in [7, 11) is 0. The van der Waals surface area contributed by atoms with E-state index in [1.807, 2.05) is 12.1 Å². The zero-order valence-corrected chi connectivity index (χ0v) is 33.2. The van der Waals surface area contributed by atoms with Crippen molar-refractivity contribution in [3.05, 3.63) is 109 Å². The minimum absolute atomic E-state index is 0.000968. The van der Waals surface area contributed by atoms with Crippen LogP contribution in [0, 0.1) is 0 Å². The predicted octanol–water partition coefficient (Wildman–Crippen LogP) is 7.47. The summed E-state index contributed by atoms with van der Waals surface area (Å²) in [5, 5.41) is 3.07. The zero-order valence-electron chi connectivity index (χ0n) is 33.2. The molecule has 13 nitrogen and oxygen atoms in total. The first-order valence-electron chi connectivity index (χ1n) is 19.8. The van der Waals surface area contributed by atoms with Crippen LogP contribution < -0.4 is 9.47 Å². The van der Waals surface area contributed by atoms with Gasteiger partial charge in [-0.25, -0.2) is 19.2 Å². The van der Waals surface area contributed by atoms with Gasteiger partial charge in [-0.05, 0) is 128 Å². The Morgan fingerprint density at radius 3 is 1.31 bits per heavy atom. The Balaban J connectivity index is 1.13. The first-order valence-corrected chi connectivity index (χ1v) is 19.8. The molecule has 0 saturated carbocycles. The molecule has 1 aliphatic rings. The molecule has 4 aromatic carbocycles. The second-order valence-electron chi connectivity index (χ2n) is 13.8. The Hall–Kier alpha value is -6.50. The molecule has 1 aliphatic heterocycles. The number of imide groups is 1. The highest BCUT2D eigenvalue weighted by Gasteiger charge is 2.52. The van der Waals surface area contributed by atoms with Crippen LogP contribution in [-0.2, 0) is 38.1 Å². The van der Waals surface area contributed by atoms with Crippen LogP contribution >= 0.6 is 0 Å². The molecule has 0 spiro atoms. The van der Waals surface area contributed by atoms with Crippen LogP contribution in [0.15, 0.2) is 98.1 Å². The second-order valence-corrected chi connectivity index (χ2v) is 13.8. The topological polar surface area (TPSA) is 161 Å². The molecule has 2 amide bonds. The van der Waals surface area contributed by atoms with Crippen LogP contribution in [0.1, 0.15) is 79.0 Å². The van der Waals surface area contributed by atoms with Crippen molar-refractivity contribution in [2.75, 3.05) is 33.0 Å². The van der Waals surface area contributed by atoms with Crippen molar-refractivity contribution < 1.29 is 57.2 Å². The minimum Gasteiger partial charge on any atom is -0.494 e. The number of unbranched alkanes of at least 4 members (excludes halogenated alkanes) is 6. The van der Waals surface area contributed by atoms with E-state index in [-0.39, 0.29) is 17.7 Å². The van der Waals surface area contributed by atoms with Crippen molar-refractivity contribution in [3.63, 3.8) is 0 Å². The molecule has 59 heavy (non-hydrogen) atoms. The van der Waals surface area contributed by atoms with E-state index in [4.69, 9.17) is 28.4 Å². The maximum absolute atomic E-state index is 13.4. The second kappa shape index (κ2) is 21.9. The van der Waals surface area contributed by atoms with Gasteiger partial charge in [-0.2, -0.15) is 0 Å². The standard InChI is InChI=1S/C46H49NO12/c1-4-39(48)56-25-13-9-7-11-23-54-37-21-19-31-27-35(17-15-33(31)29-37)45(52)58-41-42(44(51)47(6-3)43(41)50)59-46(53)36-18-16-34-30-38(22-20-32(34)28-36)55-24-12-8-10-14-26-57-40(49)5-2/h4-5,15-22,27-30,41-42H,1-2,6-14,23-26H2,3H3/t41-,42-/m1/s1. The third-order valence-electron chi connectivity index (χ3n) is 9.61. The van der Waals surface area contributed by atoms with Gasteiger partial charge in [0.1, 0.15) is 11.5 Å². The van der Waals surface area contributed by atoms with Crippen LogP contribution in [-0.4, -0.2) is 85.8 Å². The summed E-state index contributed by atoms with van der Waals surface area (Å²) in [6.45, 7) is 10.1. The van der Waals surface area contributed by atoms with E-state index >= 15 is 0 Å². The summed E-state index contributed by atoms with van der Waals surface area (Å²) >= 11 is 0. The van der Waals surface area contributed by atoms with Crippen LogP contribution in [0.3, 0.4) is 0 Å². The molecule has 0 radical (unpaired) electrons. The number of carbonyl (C=O) groups is 6. The molecular weight excluding hydrogens is 759 g/mol. The summed E-state index contributed by atoms with van der Waals surface area (Å²) in [6, 6.07) is 20.7. The van der Waals surface area contributed by atoms with Crippen molar-refractivity contribution in [1.29, 1.82) is 0 Å². The Kier molecular flexibility index (Phi) is 16.2.